The molecule has 1 amide bonds. The van der Waals surface area contributed by atoms with E-state index in [0.29, 0.717) is 29.4 Å². The van der Waals surface area contributed by atoms with Crippen molar-refractivity contribution >= 4 is 17.4 Å². The van der Waals surface area contributed by atoms with Gasteiger partial charge in [0.15, 0.2) is 11.4 Å². The monoisotopic (exact) mass is 454 g/mol. The first-order chi connectivity index (χ1) is 16.5. The van der Waals surface area contributed by atoms with Crippen molar-refractivity contribution in [2.24, 2.45) is 5.92 Å². The lowest BCUT2D eigenvalue weighted by atomic mass is 9.88. The molecule has 0 saturated carbocycles. The molecule has 1 fully saturated rings. The Morgan fingerprint density at radius 1 is 0.882 bits per heavy atom. The second-order valence-corrected chi connectivity index (χ2v) is 9.47. The fraction of sp³-hybridized carbons (Fsp3) is 0.310. The lowest BCUT2D eigenvalue weighted by Crippen LogP contribution is -2.48. The van der Waals surface area contributed by atoms with Crippen molar-refractivity contribution < 1.29 is 14.7 Å². The number of carbonyl (C=O) groups is 2. The maximum Gasteiger partial charge on any atom is 0.265 e. The quantitative estimate of drug-likeness (QED) is 0.538. The third-order valence-corrected chi connectivity index (χ3v) is 7.17. The molecule has 1 saturated heterocycles. The first-order valence-corrected chi connectivity index (χ1v) is 12.0. The van der Waals surface area contributed by atoms with Crippen LogP contribution in [0.1, 0.15) is 40.7 Å². The Morgan fingerprint density at radius 2 is 1.50 bits per heavy atom. The van der Waals surface area contributed by atoms with E-state index in [0.717, 1.165) is 32.4 Å². The number of Topliss-reactive ketones (excluding diaryl/α,β-unsaturated/α-hetero) is 1. The van der Waals surface area contributed by atoms with E-state index in [1.807, 2.05) is 30.3 Å². The number of carbonyl (C=O) groups excluding carboxylic acids is 2. The molecule has 0 radical (unpaired) electrons. The van der Waals surface area contributed by atoms with E-state index in [1.54, 1.807) is 35.2 Å². The van der Waals surface area contributed by atoms with Crippen LogP contribution in [0.15, 0.2) is 84.9 Å². The van der Waals surface area contributed by atoms with Crippen molar-refractivity contribution in [1.82, 2.24) is 4.90 Å². The molecule has 0 bridgehead atoms. The molecular formula is C29H30N2O3. The van der Waals surface area contributed by atoms with Crippen LogP contribution in [0.2, 0.25) is 0 Å². The number of piperidine rings is 1. The van der Waals surface area contributed by atoms with Crippen LogP contribution in [0.4, 0.5) is 5.69 Å². The summed E-state index contributed by atoms with van der Waals surface area (Å²) >= 11 is 0. The molecule has 3 aromatic rings. The number of nitrogens with zero attached hydrogens (tertiary/aromatic N) is 2. The van der Waals surface area contributed by atoms with Crippen LogP contribution in [-0.2, 0) is 16.8 Å². The third kappa shape index (κ3) is 4.41. The van der Waals surface area contributed by atoms with E-state index >= 15 is 0 Å². The molecule has 5 heteroatoms. The van der Waals surface area contributed by atoms with Gasteiger partial charge in [-0.05, 0) is 36.8 Å². The van der Waals surface area contributed by atoms with Crippen molar-refractivity contribution in [3.63, 3.8) is 0 Å². The highest BCUT2D eigenvalue weighted by Crippen LogP contribution is 2.43. The number of fused-ring (bicyclic) bond motifs is 1. The molecule has 5 nitrogen and oxygen atoms in total. The van der Waals surface area contributed by atoms with Gasteiger partial charge >= 0.3 is 0 Å². The molecule has 3 aromatic carbocycles. The number of aliphatic hydroxyl groups is 1. The Bertz CT molecular complexity index is 1160. The van der Waals surface area contributed by atoms with Crippen LogP contribution >= 0.6 is 0 Å². The van der Waals surface area contributed by atoms with Gasteiger partial charge in [-0.2, -0.15) is 0 Å². The average molecular weight is 455 g/mol. The number of hydrogen-bond donors (Lipinski definition) is 1. The highest BCUT2D eigenvalue weighted by atomic mass is 16.3. The number of anilines is 1. The summed E-state index contributed by atoms with van der Waals surface area (Å²) in [6, 6.07) is 26.7. The predicted octanol–water partition coefficient (Wildman–Crippen LogP) is 4.41. The second-order valence-electron chi connectivity index (χ2n) is 9.47. The maximum absolute atomic E-state index is 13.5. The van der Waals surface area contributed by atoms with Crippen LogP contribution < -0.4 is 4.90 Å². The smallest absolute Gasteiger partial charge is 0.265 e. The lowest BCUT2D eigenvalue weighted by molar-refractivity contribution is -0.136. The van der Waals surface area contributed by atoms with E-state index < -0.39 is 11.5 Å². The van der Waals surface area contributed by atoms with Gasteiger partial charge in [-0.1, -0.05) is 78.9 Å². The zero-order valence-electron chi connectivity index (χ0n) is 19.3. The molecule has 5 rings (SSSR count). The Hall–Kier alpha value is -3.28. The number of rotatable bonds is 7. The highest BCUT2D eigenvalue weighted by molar-refractivity contribution is 6.10. The molecule has 0 aromatic heterocycles. The van der Waals surface area contributed by atoms with Gasteiger partial charge in [-0.3, -0.25) is 19.4 Å². The van der Waals surface area contributed by atoms with Gasteiger partial charge in [0.1, 0.15) is 0 Å². The molecule has 1 unspecified atom stereocenters. The Morgan fingerprint density at radius 3 is 2.21 bits per heavy atom. The first kappa shape index (κ1) is 22.5. The van der Waals surface area contributed by atoms with E-state index in [9.17, 15) is 14.7 Å². The average Bonchev–Trinajstić information content (AvgIpc) is 3.08. The van der Waals surface area contributed by atoms with Crippen molar-refractivity contribution in [3.05, 3.63) is 102 Å². The van der Waals surface area contributed by atoms with E-state index in [1.165, 1.54) is 5.56 Å². The van der Waals surface area contributed by atoms with Crippen LogP contribution in [0.25, 0.3) is 0 Å². The van der Waals surface area contributed by atoms with Crippen LogP contribution in [0.3, 0.4) is 0 Å². The Kier molecular flexibility index (Phi) is 6.31. The molecule has 1 atom stereocenters. The zero-order chi connectivity index (χ0) is 23.5. The number of ketones is 1. The predicted molar refractivity (Wildman–Crippen MR) is 133 cm³/mol. The normalized spacial score (nSPS) is 21.0. The topological polar surface area (TPSA) is 60.9 Å². The molecular weight excluding hydrogens is 424 g/mol. The minimum Gasteiger partial charge on any atom is -0.375 e. The van der Waals surface area contributed by atoms with Gasteiger partial charge in [0.05, 0.1) is 18.8 Å². The number of amides is 1. The van der Waals surface area contributed by atoms with Crippen molar-refractivity contribution in [2.45, 2.75) is 31.3 Å². The maximum atomic E-state index is 13.5. The SMILES string of the molecule is O=C(CC1(O)C(=O)N(CN2CCC(Cc3ccccc3)CC2)c2ccccc21)c1ccccc1. The summed E-state index contributed by atoms with van der Waals surface area (Å²) in [6.07, 6.45) is 2.98. The molecule has 2 aliphatic heterocycles. The summed E-state index contributed by atoms with van der Waals surface area (Å²) in [5.41, 5.74) is 1.25. The number of likely N-dealkylation sites (tertiary alicyclic amines) is 1. The lowest BCUT2D eigenvalue weighted by Gasteiger charge is -2.35. The van der Waals surface area contributed by atoms with Crippen molar-refractivity contribution in [1.29, 1.82) is 0 Å². The number of hydrogen-bond acceptors (Lipinski definition) is 4. The Labute approximate surface area is 200 Å². The molecule has 2 aliphatic rings. The van der Waals surface area contributed by atoms with E-state index in [2.05, 4.69) is 29.2 Å². The summed E-state index contributed by atoms with van der Waals surface area (Å²) in [6.45, 7) is 2.24. The van der Waals surface area contributed by atoms with Crippen LogP contribution in [0, 0.1) is 5.92 Å². The van der Waals surface area contributed by atoms with Gasteiger partial charge in [-0.15, -0.1) is 0 Å². The minimum absolute atomic E-state index is 0.241. The van der Waals surface area contributed by atoms with E-state index in [4.69, 9.17) is 0 Å². The molecule has 2 heterocycles. The highest BCUT2D eigenvalue weighted by Gasteiger charge is 2.51. The van der Waals surface area contributed by atoms with Gasteiger partial charge in [0.25, 0.3) is 5.91 Å². The number of para-hydroxylation sites is 1. The van der Waals surface area contributed by atoms with Gasteiger partial charge < -0.3 is 5.11 Å². The standard InChI is InChI=1S/C29H30N2O3/c32-27(24-11-5-2-6-12-24)20-29(34)25-13-7-8-14-26(25)31(28(29)33)21-30-17-15-23(16-18-30)19-22-9-3-1-4-10-22/h1-14,23,34H,15-21H2. The van der Waals surface area contributed by atoms with Crippen LogP contribution in [0.5, 0.6) is 0 Å². The Balaban J connectivity index is 1.28. The fourth-order valence-corrected chi connectivity index (χ4v) is 5.26. The molecule has 34 heavy (non-hydrogen) atoms. The minimum atomic E-state index is -1.84. The van der Waals surface area contributed by atoms with Gasteiger partial charge in [0, 0.05) is 24.2 Å². The summed E-state index contributed by atoms with van der Waals surface area (Å²) < 4.78 is 0. The first-order valence-electron chi connectivity index (χ1n) is 12.0. The molecule has 1 N–H and O–H groups in total. The molecule has 0 aliphatic carbocycles. The van der Waals surface area contributed by atoms with Crippen molar-refractivity contribution in [3.8, 4) is 0 Å². The zero-order valence-corrected chi connectivity index (χ0v) is 19.3. The van der Waals surface area contributed by atoms with Crippen molar-refractivity contribution in [2.75, 3.05) is 24.7 Å². The summed E-state index contributed by atoms with van der Waals surface area (Å²) in [5.74, 6) is -0.0140. The summed E-state index contributed by atoms with van der Waals surface area (Å²) in [5, 5.41) is 11.5. The second kappa shape index (κ2) is 9.53. The molecule has 0 spiro atoms. The third-order valence-electron chi connectivity index (χ3n) is 7.17. The molecule has 174 valence electrons. The summed E-state index contributed by atoms with van der Waals surface area (Å²) in [7, 11) is 0. The van der Waals surface area contributed by atoms with E-state index in [-0.39, 0.29) is 12.2 Å². The largest absolute Gasteiger partial charge is 0.375 e. The van der Waals surface area contributed by atoms with Gasteiger partial charge in [0.2, 0.25) is 0 Å². The van der Waals surface area contributed by atoms with Gasteiger partial charge in [-0.25, -0.2) is 0 Å². The number of benzene rings is 3. The summed E-state index contributed by atoms with van der Waals surface area (Å²) in [4.78, 5) is 30.4. The fourth-order valence-electron chi connectivity index (χ4n) is 5.26. The van der Waals surface area contributed by atoms with Crippen LogP contribution in [-0.4, -0.2) is 41.5 Å².